The molecule has 1 saturated heterocycles. The molecule has 0 spiro atoms. The van der Waals surface area contributed by atoms with Gasteiger partial charge in [-0.15, -0.1) is 0 Å². The van der Waals surface area contributed by atoms with Gasteiger partial charge in [0.05, 0.1) is 6.04 Å². The average Bonchev–Trinajstić information content (AvgIpc) is 2.41. The minimum atomic E-state index is 0.302. The molecule has 0 bridgehead atoms. The fourth-order valence-electron chi connectivity index (χ4n) is 2.65. The lowest BCUT2D eigenvalue weighted by Crippen LogP contribution is -2.42. The zero-order valence-corrected chi connectivity index (χ0v) is 10.3. The molecule has 1 unspecified atom stereocenters. The van der Waals surface area contributed by atoms with Crippen LogP contribution < -0.4 is 5.32 Å². The fourth-order valence-corrected chi connectivity index (χ4v) is 2.65. The minimum Gasteiger partial charge on any atom is -0.378 e. The standard InChI is InChI=1S/C14H21N/c1-6-12-13(10(3)15-12)11-7-8-14(4,5)9(11)2/h6,10,15H,2,7-8H2,1,3-5H3/b12-6+,13-11?. The lowest BCUT2D eigenvalue weighted by molar-refractivity contribution is 0.463. The smallest absolute Gasteiger partial charge is 0.0508 e. The highest BCUT2D eigenvalue weighted by atomic mass is 15.0. The van der Waals surface area contributed by atoms with E-state index in [9.17, 15) is 0 Å². The molecule has 1 heterocycles. The van der Waals surface area contributed by atoms with Gasteiger partial charge in [-0.3, -0.25) is 0 Å². The maximum absolute atomic E-state index is 4.28. The van der Waals surface area contributed by atoms with Crippen LogP contribution in [0.3, 0.4) is 0 Å². The van der Waals surface area contributed by atoms with E-state index in [2.05, 4.69) is 45.7 Å². The molecule has 0 radical (unpaired) electrons. The van der Waals surface area contributed by atoms with Crippen molar-refractivity contribution in [2.75, 3.05) is 0 Å². The molecule has 1 N–H and O–H groups in total. The first-order valence-corrected chi connectivity index (χ1v) is 5.83. The molecule has 0 aromatic carbocycles. The third-order valence-corrected chi connectivity index (χ3v) is 3.89. The molecule has 1 aliphatic carbocycles. The first-order chi connectivity index (χ1) is 6.97. The molecule has 1 heteroatoms. The lowest BCUT2D eigenvalue weighted by atomic mass is 9.83. The summed E-state index contributed by atoms with van der Waals surface area (Å²) in [5.74, 6) is 0. The lowest BCUT2D eigenvalue weighted by Gasteiger charge is -2.35. The summed E-state index contributed by atoms with van der Waals surface area (Å²) in [6.45, 7) is 13.2. The molecule has 1 nitrogen and oxygen atoms in total. The van der Waals surface area contributed by atoms with Gasteiger partial charge < -0.3 is 5.32 Å². The Morgan fingerprint density at radius 2 is 2.13 bits per heavy atom. The maximum Gasteiger partial charge on any atom is 0.0508 e. The van der Waals surface area contributed by atoms with Crippen LogP contribution in [0.25, 0.3) is 0 Å². The largest absolute Gasteiger partial charge is 0.378 e. The van der Waals surface area contributed by atoms with Gasteiger partial charge in [0, 0.05) is 11.3 Å². The Labute approximate surface area is 93.0 Å². The Hall–Kier alpha value is -0.980. The van der Waals surface area contributed by atoms with Gasteiger partial charge in [0.1, 0.15) is 0 Å². The normalized spacial score (nSPS) is 36.7. The first-order valence-electron chi connectivity index (χ1n) is 5.83. The summed E-state index contributed by atoms with van der Waals surface area (Å²) in [5, 5.41) is 3.43. The van der Waals surface area contributed by atoms with Gasteiger partial charge in [-0.2, -0.15) is 0 Å². The van der Waals surface area contributed by atoms with Gasteiger partial charge in [0.25, 0.3) is 0 Å². The monoisotopic (exact) mass is 203 g/mol. The van der Waals surface area contributed by atoms with E-state index in [-0.39, 0.29) is 0 Å². The SMILES string of the molecule is C=C1C(=C2/C(=C\C)NC2C)CCC1(C)C. The highest BCUT2D eigenvalue weighted by molar-refractivity contribution is 5.54. The third kappa shape index (κ3) is 1.45. The van der Waals surface area contributed by atoms with E-state index in [1.54, 1.807) is 0 Å². The maximum atomic E-state index is 4.28. The molecule has 82 valence electrons. The second-order valence-electron chi connectivity index (χ2n) is 5.32. The highest BCUT2D eigenvalue weighted by Crippen LogP contribution is 2.48. The average molecular weight is 203 g/mol. The highest BCUT2D eigenvalue weighted by Gasteiger charge is 2.37. The Morgan fingerprint density at radius 1 is 1.47 bits per heavy atom. The molecule has 2 rings (SSSR count). The van der Waals surface area contributed by atoms with Gasteiger partial charge in [-0.25, -0.2) is 0 Å². The van der Waals surface area contributed by atoms with Crippen molar-refractivity contribution < 1.29 is 0 Å². The van der Waals surface area contributed by atoms with E-state index in [0.29, 0.717) is 11.5 Å². The summed E-state index contributed by atoms with van der Waals surface area (Å²) in [6.07, 6.45) is 4.61. The summed E-state index contributed by atoms with van der Waals surface area (Å²) >= 11 is 0. The van der Waals surface area contributed by atoms with E-state index in [1.165, 1.54) is 35.3 Å². The topological polar surface area (TPSA) is 12.0 Å². The quantitative estimate of drug-likeness (QED) is 0.635. The van der Waals surface area contributed by atoms with E-state index < -0.39 is 0 Å². The predicted octanol–water partition coefficient (Wildman–Crippen LogP) is 3.55. The molecule has 2 fully saturated rings. The van der Waals surface area contributed by atoms with Crippen molar-refractivity contribution in [1.29, 1.82) is 0 Å². The number of allylic oxidation sites excluding steroid dienone is 3. The van der Waals surface area contributed by atoms with Crippen LogP contribution in [-0.4, -0.2) is 6.04 Å². The Balaban J connectivity index is 2.39. The molecule has 0 aromatic rings. The molecule has 1 atom stereocenters. The second-order valence-corrected chi connectivity index (χ2v) is 5.32. The summed E-state index contributed by atoms with van der Waals surface area (Å²) in [4.78, 5) is 0. The third-order valence-electron chi connectivity index (χ3n) is 3.89. The van der Waals surface area contributed by atoms with Crippen LogP contribution in [0.1, 0.15) is 40.5 Å². The van der Waals surface area contributed by atoms with Gasteiger partial charge >= 0.3 is 0 Å². The van der Waals surface area contributed by atoms with Crippen LogP contribution in [0, 0.1) is 5.41 Å². The molecule has 0 aromatic heterocycles. The van der Waals surface area contributed by atoms with Crippen LogP contribution in [-0.2, 0) is 0 Å². The van der Waals surface area contributed by atoms with E-state index in [4.69, 9.17) is 0 Å². The zero-order chi connectivity index (χ0) is 11.2. The van der Waals surface area contributed by atoms with Crippen LogP contribution in [0.2, 0.25) is 0 Å². The van der Waals surface area contributed by atoms with Crippen LogP contribution in [0.5, 0.6) is 0 Å². The van der Waals surface area contributed by atoms with Crippen molar-refractivity contribution in [3.8, 4) is 0 Å². The summed E-state index contributed by atoms with van der Waals surface area (Å²) in [6, 6.07) is 0.511. The molecule has 2 aliphatic rings. The number of hydrogen-bond donors (Lipinski definition) is 1. The van der Waals surface area contributed by atoms with Crippen molar-refractivity contribution in [2.24, 2.45) is 5.41 Å². The fraction of sp³-hybridized carbons (Fsp3) is 0.571. The van der Waals surface area contributed by atoms with Gasteiger partial charge in [0.15, 0.2) is 0 Å². The molecule has 15 heavy (non-hydrogen) atoms. The van der Waals surface area contributed by atoms with Crippen molar-refractivity contribution in [2.45, 2.75) is 46.6 Å². The summed E-state index contributed by atoms with van der Waals surface area (Å²) in [7, 11) is 0. The number of nitrogens with one attached hydrogen (secondary N) is 1. The predicted molar refractivity (Wildman–Crippen MR) is 65.5 cm³/mol. The molecular formula is C14H21N. The summed E-state index contributed by atoms with van der Waals surface area (Å²) in [5.41, 5.74) is 5.99. The molecule has 1 aliphatic heterocycles. The van der Waals surface area contributed by atoms with Gasteiger partial charge in [-0.05, 0) is 43.3 Å². The Kier molecular flexibility index (Phi) is 2.29. The summed E-state index contributed by atoms with van der Waals surface area (Å²) < 4.78 is 0. The number of rotatable bonds is 0. The Morgan fingerprint density at radius 3 is 2.53 bits per heavy atom. The van der Waals surface area contributed by atoms with E-state index >= 15 is 0 Å². The van der Waals surface area contributed by atoms with Crippen LogP contribution in [0.15, 0.2) is 35.1 Å². The van der Waals surface area contributed by atoms with Crippen molar-refractivity contribution in [3.05, 3.63) is 35.1 Å². The minimum absolute atomic E-state index is 0.302. The zero-order valence-electron chi connectivity index (χ0n) is 10.3. The first kappa shape index (κ1) is 10.5. The molecule has 0 amide bonds. The Bertz CT molecular complexity index is 369. The van der Waals surface area contributed by atoms with Gasteiger partial charge in [0.2, 0.25) is 0 Å². The van der Waals surface area contributed by atoms with E-state index in [0.717, 1.165) is 0 Å². The van der Waals surface area contributed by atoms with Crippen LogP contribution in [0.4, 0.5) is 0 Å². The second kappa shape index (κ2) is 3.26. The molecule has 1 saturated carbocycles. The molecular weight excluding hydrogens is 182 g/mol. The van der Waals surface area contributed by atoms with Gasteiger partial charge in [-0.1, -0.05) is 26.5 Å². The van der Waals surface area contributed by atoms with Crippen molar-refractivity contribution in [1.82, 2.24) is 5.32 Å². The van der Waals surface area contributed by atoms with Crippen LogP contribution >= 0.6 is 0 Å². The van der Waals surface area contributed by atoms with E-state index in [1.807, 2.05) is 0 Å². The number of hydrogen-bond acceptors (Lipinski definition) is 1. The van der Waals surface area contributed by atoms with Crippen molar-refractivity contribution in [3.63, 3.8) is 0 Å². The van der Waals surface area contributed by atoms with Crippen molar-refractivity contribution >= 4 is 0 Å².